The summed E-state index contributed by atoms with van der Waals surface area (Å²) in [5.74, 6) is 1.04. The Labute approximate surface area is 163 Å². The van der Waals surface area contributed by atoms with Crippen LogP contribution in [0.4, 0.5) is 0 Å². The second-order valence-electron chi connectivity index (χ2n) is 7.77. The van der Waals surface area contributed by atoms with E-state index < -0.39 is 19.5 Å². The molecule has 0 aliphatic heterocycles. The van der Waals surface area contributed by atoms with Gasteiger partial charge < -0.3 is 24.8 Å². The maximum absolute atomic E-state index is 6.18. The molecule has 1 nitrogen and oxygen atoms in total. The molecule has 0 aromatic heterocycles. The fourth-order valence-electron chi connectivity index (χ4n) is 2.17. The van der Waals surface area contributed by atoms with Gasteiger partial charge in [0.15, 0.2) is 0 Å². The van der Waals surface area contributed by atoms with Gasteiger partial charge >= 0.3 is 139 Å². The maximum atomic E-state index is 6.18. The Morgan fingerprint density at radius 1 is 0.870 bits per heavy atom. The zero-order valence-electron chi connectivity index (χ0n) is 14.8. The molecule has 0 atom stereocenters. The van der Waals surface area contributed by atoms with Gasteiger partial charge in [-0.3, -0.25) is 0 Å². The predicted molar refractivity (Wildman–Crippen MR) is 86.3 cm³/mol. The molecule has 0 heterocycles. The van der Waals surface area contributed by atoms with E-state index >= 15 is 0 Å². The molecule has 0 amide bonds. The van der Waals surface area contributed by atoms with Gasteiger partial charge in [-0.2, -0.15) is 0 Å². The molecule has 1 aromatic carbocycles. The first kappa shape index (κ1) is 22.8. The second kappa shape index (κ2) is 8.76. The molecule has 2 rings (SSSR count). The van der Waals surface area contributed by atoms with Crippen LogP contribution in [0.5, 0.6) is 5.75 Å². The smallest absolute Gasteiger partial charge is 1.00 e. The van der Waals surface area contributed by atoms with Crippen molar-refractivity contribution < 1.29 is 47.7 Å². The number of hydrogen-bond acceptors (Lipinski definition) is 1. The van der Waals surface area contributed by atoms with Crippen molar-refractivity contribution in [1.29, 1.82) is 0 Å². The summed E-state index contributed by atoms with van der Waals surface area (Å²) in [7, 11) is 0. The van der Waals surface area contributed by atoms with Gasteiger partial charge in [-0.15, -0.1) is 0 Å². The van der Waals surface area contributed by atoms with Crippen LogP contribution in [0.1, 0.15) is 59.1 Å². The zero-order chi connectivity index (χ0) is 15.7. The van der Waals surface area contributed by atoms with Crippen LogP contribution in [0.2, 0.25) is 0 Å². The molecular weight excluding hydrogens is 363 g/mol. The summed E-state index contributed by atoms with van der Waals surface area (Å²) in [5, 5.41) is 0. The summed E-state index contributed by atoms with van der Waals surface area (Å²) in [4.78, 5) is 0. The quantitative estimate of drug-likeness (QED) is 0.635. The van der Waals surface area contributed by atoms with E-state index in [2.05, 4.69) is 78.0 Å². The SMILES string of the molecule is CC(C)(C)c1cc([O][Ti+2][C]2=CC=CC2)cc(C(C)(C)C)c1.[Cl-].[Cl-]. The van der Waals surface area contributed by atoms with Crippen molar-refractivity contribution in [2.45, 2.75) is 58.8 Å². The van der Waals surface area contributed by atoms with Gasteiger partial charge in [0.05, 0.1) is 0 Å². The topological polar surface area (TPSA) is 9.23 Å². The number of benzene rings is 1. The minimum atomic E-state index is -0.500. The minimum absolute atomic E-state index is 0. The van der Waals surface area contributed by atoms with Gasteiger partial charge in [0.2, 0.25) is 0 Å². The Bertz CT molecular complexity index is 546. The number of allylic oxidation sites excluding steroid dienone is 4. The van der Waals surface area contributed by atoms with Crippen LogP contribution in [0.15, 0.2) is 40.3 Å². The van der Waals surface area contributed by atoms with E-state index in [0.717, 1.165) is 12.2 Å². The number of halogens is 2. The van der Waals surface area contributed by atoms with Gasteiger partial charge in [-0.25, -0.2) is 0 Å². The van der Waals surface area contributed by atoms with Crippen LogP contribution < -0.4 is 28.1 Å². The summed E-state index contributed by atoms with van der Waals surface area (Å²) in [6, 6.07) is 6.78. The van der Waals surface area contributed by atoms with Crippen molar-refractivity contribution in [2.75, 3.05) is 0 Å². The summed E-state index contributed by atoms with van der Waals surface area (Å²) in [5.41, 5.74) is 3.01. The number of rotatable bonds is 3. The van der Waals surface area contributed by atoms with Crippen molar-refractivity contribution in [3.8, 4) is 5.75 Å². The average molecular weight is 389 g/mol. The van der Waals surface area contributed by atoms with E-state index in [4.69, 9.17) is 3.32 Å². The molecule has 0 saturated carbocycles. The van der Waals surface area contributed by atoms with Gasteiger partial charge in [-0.05, 0) is 0 Å². The van der Waals surface area contributed by atoms with Gasteiger partial charge in [0.25, 0.3) is 0 Å². The average Bonchev–Trinajstić information content (AvgIpc) is 2.87. The summed E-state index contributed by atoms with van der Waals surface area (Å²) >= 11 is -0.500. The Morgan fingerprint density at radius 3 is 1.78 bits per heavy atom. The van der Waals surface area contributed by atoms with Crippen LogP contribution in [0.25, 0.3) is 0 Å². The molecule has 1 aromatic rings. The minimum Gasteiger partial charge on any atom is -1.00 e. The van der Waals surface area contributed by atoms with Crippen molar-refractivity contribution in [2.24, 2.45) is 0 Å². The molecule has 4 heteroatoms. The predicted octanol–water partition coefficient (Wildman–Crippen LogP) is -0.490. The third-order valence-corrected chi connectivity index (χ3v) is 5.23. The molecule has 1 aliphatic carbocycles. The molecule has 0 fully saturated rings. The third-order valence-electron chi connectivity index (χ3n) is 3.71. The van der Waals surface area contributed by atoms with E-state index in [1.54, 1.807) is 0 Å². The standard InChI is InChI=1S/C14H22O.C5H5.2ClH.Ti/c1-13(2,3)10-7-11(14(4,5)6)9-12(15)8-10;1-2-4-5-3-1;;;/h7-9,15H,1-6H3;1-3H,4H2;2*1H;/q;;;;+3/p-3. The van der Waals surface area contributed by atoms with Crippen molar-refractivity contribution in [3.05, 3.63) is 51.4 Å². The van der Waals surface area contributed by atoms with E-state index in [9.17, 15) is 0 Å². The normalized spacial score (nSPS) is 13.6. The van der Waals surface area contributed by atoms with Crippen molar-refractivity contribution >= 4 is 0 Å². The molecule has 0 saturated heterocycles. The van der Waals surface area contributed by atoms with Crippen molar-refractivity contribution in [1.82, 2.24) is 0 Å². The third kappa shape index (κ3) is 6.66. The fourth-order valence-corrected chi connectivity index (χ4v) is 3.31. The molecule has 0 radical (unpaired) electrons. The first-order chi connectivity index (χ1) is 9.66. The van der Waals surface area contributed by atoms with Gasteiger partial charge in [0, 0.05) is 0 Å². The molecule has 0 bridgehead atoms. The Balaban J connectivity index is 0.00000242. The largest absolute Gasteiger partial charge is 1.00 e. The van der Waals surface area contributed by atoms with Crippen molar-refractivity contribution in [3.63, 3.8) is 0 Å². The van der Waals surface area contributed by atoms with Crippen LogP contribution in [-0.2, 0) is 30.4 Å². The van der Waals surface area contributed by atoms with Crippen LogP contribution in [0.3, 0.4) is 0 Å². The maximum Gasteiger partial charge on any atom is -1.00 e. The molecule has 126 valence electrons. The van der Waals surface area contributed by atoms with Crippen LogP contribution in [-0.4, -0.2) is 0 Å². The first-order valence-electron chi connectivity index (χ1n) is 7.61. The molecule has 1 aliphatic rings. The summed E-state index contributed by atoms with van der Waals surface area (Å²) in [6.45, 7) is 13.6. The van der Waals surface area contributed by atoms with E-state index in [-0.39, 0.29) is 35.6 Å². The molecule has 0 unspecified atom stereocenters. The fraction of sp³-hybridized carbons (Fsp3) is 0.474. The molecule has 0 N–H and O–H groups in total. The van der Waals surface area contributed by atoms with Crippen LogP contribution in [0, 0.1) is 0 Å². The Morgan fingerprint density at radius 2 is 1.39 bits per heavy atom. The molecular formula is C19H26Cl2OTi. The second-order valence-corrected chi connectivity index (χ2v) is 9.41. The summed E-state index contributed by atoms with van der Waals surface area (Å²) < 4.78 is 7.64. The summed E-state index contributed by atoms with van der Waals surface area (Å²) in [6.07, 6.45) is 7.62. The Hall–Kier alpha value is -0.206. The first-order valence-corrected chi connectivity index (χ1v) is 9.03. The number of hydrogen-bond donors (Lipinski definition) is 0. The Kier molecular flexibility index (Phi) is 8.68. The zero-order valence-corrected chi connectivity index (χ0v) is 17.9. The monoisotopic (exact) mass is 388 g/mol. The molecule has 0 spiro atoms. The van der Waals surface area contributed by atoms with E-state index in [1.165, 1.54) is 15.0 Å². The van der Waals surface area contributed by atoms with E-state index in [1.807, 2.05) is 0 Å². The van der Waals surface area contributed by atoms with E-state index in [0.29, 0.717) is 0 Å². The van der Waals surface area contributed by atoms with Gasteiger partial charge in [-0.1, -0.05) is 0 Å². The van der Waals surface area contributed by atoms with Gasteiger partial charge in [0.1, 0.15) is 0 Å². The van der Waals surface area contributed by atoms with Crippen LogP contribution >= 0.6 is 0 Å². The molecule has 23 heavy (non-hydrogen) atoms.